The number of aliphatic hydroxyl groups excluding tert-OH is 1. The van der Waals surface area contributed by atoms with Crippen LogP contribution in [0.2, 0.25) is 0 Å². The van der Waals surface area contributed by atoms with E-state index >= 15 is 0 Å². The number of hydrogen-bond acceptors (Lipinski definition) is 4. The van der Waals surface area contributed by atoms with E-state index in [9.17, 15) is 8.78 Å². The maximum absolute atomic E-state index is 13.6. The molecule has 0 bridgehead atoms. The molecule has 0 spiro atoms. The Morgan fingerprint density at radius 2 is 2.00 bits per heavy atom. The summed E-state index contributed by atoms with van der Waals surface area (Å²) in [6.07, 6.45) is 3.25. The Hall–Kier alpha value is -0.300. The van der Waals surface area contributed by atoms with Crippen LogP contribution in [0.15, 0.2) is 0 Å². The van der Waals surface area contributed by atoms with Gasteiger partial charge in [-0.3, -0.25) is 0 Å². The standard InChI is InChI=1S/C14H24F2O4/c15-14(16,10-20-13-4-1-2-6-19-13)5-3-7-18-12-8-11(17)9-12/h11-13,17H,1-10H2/t11-,12+,13?. The summed E-state index contributed by atoms with van der Waals surface area (Å²) in [5, 5.41) is 9.07. The largest absolute Gasteiger partial charge is 0.393 e. The number of rotatable bonds is 8. The lowest BCUT2D eigenvalue weighted by Crippen LogP contribution is -2.36. The van der Waals surface area contributed by atoms with Crippen LogP contribution in [0, 0.1) is 0 Å². The molecule has 2 fully saturated rings. The van der Waals surface area contributed by atoms with Crippen LogP contribution in [0.4, 0.5) is 8.78 Å². The van der Waals surface area contributed by atoms with E-state index in [-0.39, 0.29) is 18.6 Å². The highest BCUT2D eigenvalue weighted by molar-refractivity contribution is 4.79. The van der Waals surface area contributed by atoms with Crippen molar-refractivity contribution in [3.63, 3.8) is 0 Å². The van der Waals surface area contributed by atoms with E-state index in [1.807, 2.05) is 0 Å². The van der Waals surface area contributed by atoms with Gasteiger partial charge in [-0.15, -0.1) is 0 Å². The molecule has 0 amide bonds. The van der Waals surface area contributed by atoms with Gasteiger partial charge in [-0.1, -0.05) is 0 Å². The SMILES string of the molecule is O[C@H]1C[C@@H](OCCCC(F)(F)COC2CCCCO2)C1. The minimum absolute atomic E-state index is 0.0468. The van der Waals surface area contributed by atoms with Crippen molar-refractivity contribution in [1.82, 2.24) is 0 Å². The molecular weight excluding hydrogens is 270 g/mol. The maximum atomic E-state index is 13.6. The monoisotopic (exact) mass is 294 g/mol. The van der Waals surface area contributed by atoms with Crippen LogP contribution in [0.3, 0.4) is 0 Å². The Morgan fingerprint density at radius 3 is 2.65 bits per heavy atom. The molecule has 6 heteroatoms. The highest BCUT2D eigenvalue weighted by Gasteiger charge is 2.32. The first-order valence-corrected chi connectivity index (χ1v) is 7.46. The van der Waals surface area contributed by atoms with E-state index in [2.05, 4.69) is 0 Å². The number of aliphatic hydroxyl groups is 1. The summed E-state index contributed by atoms with van der Waals surface area (Å²) in [5.41, 5.74) is 0. The van der Waals surface area contributed by atoms with Gasteiger partial charge in [0.1, 0.15) is 6.61 Å². The van der Waals surface area contributed by atoms with Gasteiger partial charge >= 0.3 is 0 Å². The molecule has 1 atom stereocenters. The average molecular weight is 294 g/mol. The molecule has 0 aromatic carbocycles. The molecule has 1 heterocycles. The van der Waals surface area contributed by atoms with Crippen LogP contribution >= 0.6 is 0 Å². The summed E-state index contributed by atoms with van der Waals surface area (Å²) in [4.78, 5) is 0. The van der Waals surface area contributed by atoms with Crippen molar-refractivity contribution < 1.29 is 28.1 Å². The highest BCUT2D eigenvalue weighted by atomic mass is 19.3. The summed E-state index contributed by atoms with van der Waals surface area (Å²) in [7, 11) is 0. The van der Waals surface area contributed by atoms with Gasteiger partial charge in [0.15, 0.2) is 6.29 Å². The van der Waals surface area contributed by atoms with Crippen molar-refractivity contribution in [3.05, 3.63) is 0 Å². The Kier molecular flexibility index (Phi) is 6.14. The second-order valence-corrected chi connectivity index (χ2v) is 5.68. The van der Waals surface area contributed by atoms with E-state index in [0.717, 1.165) is 12.8 Å². The molecule has 0 aromatic rings. The molecule has 4 nitrogen and oxygen atoms in total. The quantitative estimate of drug-likeness (QED) is 0.699. The Bertz CT molecular complexity index is 276. The smallest absolute Gasteiger partial charge is 0.271 e. The Morgan fingerprint density at radius 1 is 1.20 bits per heavy atom. The molecule has 2 rings (SSSR count). The fourth-order valence-electron chi connectivity index (χ4n) is 2.38. The average Bonchev–Trinajstić information content (AvgIpc) is 2.40. The molecule has 2 aliphatic rings. The van der Waals surface area contributed by atoms with Gasteiger partial charge in [0.05, 0.1) is 12.2 Å². The van der Waals surface area contributed by atoms with E-state index in [1.165, 1.54) is 0 Å². The van der Waals surface area contributed by atoms with Crippen molar-refractivity contribution >= 4 is 0 Å². The number of alkyl halides is 2. The lowest BCUT2D eigenvalue weighted by atomic mass is 9.92. The lowest BCUT2D eigenvalue weighted by Gasteiger charge is -2.31. The number of ether oxygens (including phenoxy) is 3. The van der Waals surface area contributed by atoms with Gasteiger partial charge < -0.3 is 19.3 Å². The second-order valence-electron chi connectivity index (χ2n) is 5.68. The first kappa shape index (κ1) is 16.1. The zero-order valence-electron chi connectivity index (χ0n) is 11.7. The second kappa shape index (κ2) is 7.64. The van der Waals surface area contributed by atoms with E-state index in [4.69, 9.17) is 19.3 Å². The van der Waals surface area contributed by atoms with Crippen LogP contribution < -0.4 is 0 Å². The van der Waals surface area contributed by atoms with Gasteiger partial charge in [-0.05, 0) is 38.5 Å². The number of halogens is 2. The lowest BCUT2D eigenvalue weighted by molar-refractivity contribution is -0.202. The zero-order valence-corrected chi connectivity index (χ0v) is 11.7. The molecule has 1 saturated heterocycles. The Labute approximate surface area is 118 Å². The first-order valence-electron chi connectivity index (χ1n) is 7.46. The molecule has 1 N–H and O–H groups in total. The third-order valence-electron chi connectivity index (χ3n) is 3.73. The normalized spacial score (nSPS) is 31.1. The number of hydrogen-bond donors (Lipinski definition) is 1. The van der Waals surface area contributed by atoms with Gasteiger partial charge in [-0.2, -0.15) is 0 Å². The van der Waals surface area contributed by atoms with Crippen LogP contribution in [0.5, 0.6) is 0 Å². The minimum Gasteiger partial charge on any atom is -0.393 e. The summed E-state index contributed by atoms with van der Waals surface area (Å²) in [6.45, 7) is 0.323. The molecular formula is C14H24F2O4. The summed E-state index contributed by atoms with van der Waals surface area (Å²) in [5.74, 6) is -2.83. The Balaban J connectivity index is 1.51. The predicted molar refractivity (Wildman–Crippen MR) is 68.7 cm³/mol. The molecule has 0 aromatic heterocycles. The first-order chi connectivity index (χ1) is 9.55. The maximum Gasteiger partial charge on any atom is 0.271 e. The fourth-order valence-corrected chi connectivity index (χ4v) is 2.38. The van der Waals surface area contributed by atoms with Crippen molar-refractivity contribution in [3.8, 4) is 0 Å². The molecule has 1 aliphatic carbocycles. The van der Waals surface area contributed by atoms with Gasteiger partial charge in [-0.25, -0.2) is 8.78 Å². The molecule has 118 valence electrons. The molecule has 20 heavy (non-hydrogen) atoms. The predicted octanol–water partition coefficient (Wildman–Crippen LogP) is 2.49. The summed E-state index contributed by atoms with van der Waals surface area (Å²) >= 11 is 0. The minimum atomic E-state index is -2.83. The third kappa shape index (κ3) is 5.60. The molecule has 1 unspecified atom stereocenters. The molecule has 1 aliphatic heterocycles. The van der Waals surface area contributed by atoms with Crippen molar-refractivity contribution in [1.29, 1.82) is 0 Å². The van der Waals surface area contributed by atoms with Crippen molar-refractivity contribution in [2.75, 3.05) is 19.8 Å². The third-order valence-corrected chi connectivity index (χ3v) is 3.73. The van der Waals surface area contributed by atoms with Crippen LogP contribution in [0.25, 0.3) is 0 Å². The van der Waals surface area contributed by atoms with Gasteiger partial charge in [0, 0.05) is 19.6 Å². The van der Waals surface area contributed by atoms with Crippen molar-refractivity contribution in [2.45, 2.75) is 69.4 Å². The van der Waals surface area contributed by atoms with Crippen LogP contribution in [-0.2, 0) is 14.2 Å². The van der Waals surface area contributed by atoms with Gasteiger partial charge in [0.25, 0.3) is 5.92 Å². The summed E-state index contributed by atoms with van der Waals surface area (Å²) < 4.78 is 42.9. The molecule has 1 saturated carbocycles. The van der Waals surface area contributed by atoms with E-state index in [1.54, 1.807) is 0 Å². The highest BCUT2D eigenvalue weighted by Crippen LogP contribution is 2.26. The molecule has 0 radical (unpaired) electrons. The summed E-state index contributed by atoms with van der Waals surface area (Å²) in [6, 6.07) is 0. The topological polar surface area (TPSA) is 47.9 Å². The van der Waals surface area contributed by atoms with Crippen LogP contribution in [-0.4, -0.2) is 49.3 Å². The van der Waals surface area contributed by atoms with Crippen molar-refractivity contribution in [2.24, 2.45) is 0 Å². The zero-order chi connectivity index (χ0) is 14.4. The van der Waals surface area contributed by atoms with E-state index in [0.29, 0.717) is 38.9 Å². The van der Waals surface area contributed by atoms with Crippen LogP contribution in [0.1, 0.15) is 44.9 Å². The van der Waals surface area contributed by atoms with Gasteiger partial charge in [0.2, 0.25) is 0 Å². The fraction of sp³-hybridized carbons (Fsp3) is 1.00. The van der Waals surface area contributed by atoms with E-state index < -0.39 is 18.8 Å².